The van der Waals surface area contributed by atoms with Crippen LogP contribution in [0.1, 0.15) is 12.5 Å². The molecule has 0 saturated carbocycles. The van der Waals surface area contributed by atoms with Crippen LogP contribution in [0.15, 0.2) is 30.3 Å². The molecule has 1 amide bonds. The topological polar surface area (TPSA) is 66.4 Å². The average Bonchev–Trinajstić information content (AvgIpc) is 2.37. The van der Waals surface area contributed by atoms with Crippen molar-refractivity contribution in [1.82, 2.24) is 5.32 Å². The molecule has 2 N–H and O–H groups in total. The lowest BCUT2D eigenvalue weighted by Gasteiger charge is -2.19. The van der Waals surface area contributed by atoms with Gasteiger partial charge in [0.05, 0.1) is 0 Å². The van der Waals surface area contributed by atoms with Crippen LogP contribution in [-0.4, -0.2) is 29.2 Å². The molecule has 20 heavy (non-hydrogen) atoms. The molecule has 0 aliphatic carbocycles. The Hall–Kier alpha value is -2.05. The minimum absolute atomic E-state index is 0.0769. The quantitative estimate of drug-likeness (QED) is 0.871. The molecule has 0 spiro atoms. The summed E-state index contributed by atoms with van der Waals surface area (Å²) in [6, 6.07) is 6.95. The van der Waals surface area contributed by atoms with E-state index >= 15 is 0 Å². The Morgan fingerprint density at radius 2 is 1.80 bits per heavy atom. The van der Waals surface area contributed by atoms with Gasteiger partial charge in [-0.25, -0.2) is 4.79 Å². The number of nitrogens with one attached hydrogen (secondary N) is 1. The van der Waals surface area contributed by atoms with Crippen molar-refractivity contribution in [1.29, 1.82) is 0 Å². The number of benzene rings is 1. The van der Waals surface area contributed by atoms with Crippen LogP contribution in [0.5, 0.6) is 0 Å². The van der Waals surface area contributed by atoms with Gasteiger partial charge in [-0.05, 0) is 12.5 Å². The lowest BCUT2D eigenvalue weighted by Crippen LogP contribution is -2.47. The third-order valence-electron chi connectivity index (χ3n) is 2.78. The van der Waals surface area contributed by atoms with Crippen LogP contribution >= 0.6 is 0 Å². The predicted octanol–water partition coefficient (Wildman–Crippen LogP) is 2.00. The summed E-state index contributed by atoms with van der Waals surface area (Å²) in [5.41, 5.74) is 0.611. The van der Waals surface area contributed by atoms with Crippen LogP contribution in [0.4, 0.5) is 13.2 Å². The molecule has 7 heteroatoms. The number of halogens is 3. The molecule has 0 radical (unpaired) electrons. The van der Waals surface area contributed by atoms with Crippen molar-refractivity contribution in [3.8, 4) is 0 Å². The first-order chi connectivity index (χ1) is 9.21. The second-order valence-corrected chi connectivity index (χ2v) is 4.35. The Bertz CT molecular complexity index is 473. The smallest absolute Gasteiger partial charge is 0.400 e. The lowest BCUT2D eigenvalue weighted by molar-refractivity contribution is -0.180. The van der Waals surface area contributed by atoms with E-state index in [0.717, 1.165) is 0 Å². The summed E-state index contributed by atoms with van der Waals surface area (Å²) >= 11 is 0. The number of amides is 1. The van der Waals surface area contributed by atoms with Gasteiger partial charge in [0.2, 0.25) is 5.91 Å². The molecule has 0 saturated heterocycles. The molecule has 4 nitrogen and oxygen atoms in total. The molecule has 1 aromatic rings. The predicted molar refractivity (Wildman–Crippen MR) is 64.9 cm³/mol. The molecule has 1 rings (SSSR count). The molecular formula is C13H14F3NO3. The van der Waals surface area contributed by atoms with Gasteiger partial charge in [0.25, 0.3) is 0 Å². The van der Waals surface area contributed by atoms with Crippen molar-refractivity contribution in [3.05, 3.63) is 35.9 Å². The van der Waals surface area contributed by atoms with Crippen LogP contribution in [0.2, 0.25) is 0 Å². The van der Waals surface area contributed by atoms with E-state index in [1.54, 1.807) is 30.3 Å². The van der Waals surface area contributed by atoms with Crippen LogP contribution in [0, 0.1) is 5.92 Å². The minimum atomic E-state index is -4.69. The fraction of sp³-hybridized carbons (Fsp3) is 0.385. The molecule has 2 atom stereocenters. The maximum atomic E-state index is 12.4. The van der Waals surface area contributed by atoms with Crippen molar-refractivity contribution in [2.24, 2.45) is 5.92 Å². The molecule has 0 aromatic heterocycles. The number of rotatable bonds is 5. The molecular weight excluding hydrogens is 275 g/mol. The molecule has 1 aromatic carbocycles. The number of carbonyl (C=O) groups excluding carboxylic acids is 1. The van der Waals surface area contributed by atoms with Gasteiger partial charge >= 0.3 is 12.1 Å². The van der Waals surface area contributed by atoms with E-state index in [-0.39, 0.29) is 6.42 Å². The molecule has 0 bridgehead atoms. The van der Waals surface area contributed by atoms with Gasteiger partial charge in [0.1, 0.15) is 12.0 Å². The standard InChI is InChI=1S/C13H14F3NO3/c1-8(13(14,15)16)11(18)17-10(12(19)20)7-9-5-3-2-4-6-9/h2-6,8,10H,7H2,1H3,(H,17,18)(H,19,20)/t8?,10-/m0/s1. The number of hydrogen-bond donors (Lipinski definition) is 2. The molecule has 0 aliphatic rings. The number of carboxylic acid groups (broad SMARTS) is 1. The van der Waals surface area contributed by atoms with Crippen molar-refractivity contribution < 1.29 is 27.9 Å². The van der Waals surface area contributed by atoms with Gasteiger partial charge < -0.3 is 10.4 Å². The summed E-state index contributed by atoms with van der Waals surface area (Å²) < 4.78 is 37.1. The number of hydrogen-bond acceptors (Lipinski definition) is 2. The summed E-state index contributed by atoms with van der Waals surface area (Å²) in [5.74, 6) is -4.97. The zero-order valence-electron chi connectivity index (χ0n) is 10.6. The average molecular weight is 289 g/mol. The Labute approximate surface area is 113 Å². The van der Waals surface area contributed by atoms with E-state index in [4.69, 9.17) is 5.11 Å². The lowest BCUT2D eigenvalue weighted by atomic mass is 10.0. The fourth-order valence-corrected chi connectivity index (χ4v) is 1.50. The van der Waals surface area contributed by atoms with Crippen molar-refractivity contribution in [2.75, 3.05) is 0 Å². The first-order valence-corrected chi connectivity index (χ1v) is 5.85. The number of aliphatic carboxylic acids is 1. The Morgan fingerprint density at radius 1 is 1.25 bits per heavy atom. The third kappa shape index (κ3) is 4.56. The maximum Gasteiger partial charge on any atom is 0.400 e. The monoisotopic (exact) mass is 289 g/mol. The summed E-state index contributed by atoms with van der Waals surface area (Å²) in [6.07, 6.45) is -4.77. The maximum absolute atomic E-state index is 12.4. The summed E-state index contributed by atoms with van der Waals surface area (Å²) in [6.45, 7) is 0.691. The Morgan fingerprint density at radius 3 is 2.25 bits per heavy atom. The second-order valence-electron chi connectivity index (χ2n) is 4.35. The van der Waals surface area contributed by atoms with Crippen LogP contribution in [0.3, 0.4) is 0 Å². The van der Waals surface area contributed by atoms with E-state index < -0.39 is 30.0 Å². The Balaban J connectivity index is 2.74. The van der Waals surface area contributed by atoms with Crippen molar-refractivity contribution in [2.45, 2.75) is 25.6 Å². The van der Waals surface area contributed by atoms with Crippen LogP contribution in [-0.2, 0) is 16.0 Å². The van der Waals surface area contributed by atoms with E-state index in [1.165, 1.54) is 0 Å². The number of carboxylic acids is 1. The van der Waals surface area contributed by atoms with E-state index in [0.29, 0.717) is 12.5 Å². The normalized spacial score (nSPS) is 14.4. The molecule has 0 fully saturated rings. The summed E-state index contributed by atoms with van der Waals surface area (Å²) in [4.78, 5) is 22.4. The largest absolute Gasteiger partial charge is 0.480 e. The summed E-state index contributed by atoms with van der Waals surface area (Å²) in [7, 11) is 0. The number of carbonyl (C=O) groups is 2. The van der Waals surface area contributed by atoms with Crippen molar-refractivity contribution >= 4 is 11.9 Å². The van der Waals surface area contributed by atoms with Gasteiger partial charge in [0.15, 0.2) is 0 Å². The highest BCUT2D eigenvalue weighted by atomic mass is 19.4. The van der Waals surface area contributed by atoms with E-state index in [1.807, 2.05) is 5.32 Å². The van der Waals surface area contributed by atoms with Gasteiger partial charge in [-0.15, -0.1) is 0 Å². The van der Waals surface area contributed by atoms with Crippen molar-refractivity contribution in [3.63, 3.8) is 0 Å². The highest BCUT2D eigenvalue weighted by Crippen LogP contribution is 2.25. The first-order valence-electron chi connectivity index (χ1n) is 5.85. The zero-order valence-corrected chi connectivity index (χ0v) is 10.6. The van der Waals surface area contributed by atoms with Gasteiger partial charge in [-0.2, -0.15) is 13.2 Å². The van der Waals surface area contributed by atoms with E-state index in [2.05, 4.69) is 0 Å². The van der Waals surface area contributed by atoms with E-state index in [9.17, 15) is 22.8 Å². The highest BCUT2D eigenvalue weighted by Gasteiger charge is 2.42. The minimum Gasteiger partial charge on any atom is -0.480 e. The molecule has 1 unspecified atom stereocenters. The summed E-state index contributed by atoms with van der Waals surface area (Å²) in [5, 5.41) is 10.9. The van der Waals surface area contributed by atoms with Gasteiger partial charge in [0, 0.05) is 6.42 Å². The van der Waals surface area contributed by atoms with Crippen LogP contribution < -0.4 is 5.32 Å². The SMILES string of the molecule is CC(C(=O)N[C@@H](Cc1ccccc1)C(=O)O)C(F)(F)F. The van der Waals surface area contributed by atoms with Gasteiger partial charge in [-0.1, -0.05) is 30.3 Å². The molecule has 110 valence electrons. The fourth-order valence-electron chi connectivity index (χ4n) is 1.50. The number of alkyl halides is 3. The van der Waals surface area contributed by atoms with Gasteiger partial charge in [-0.3, -0.25) is 4.79 Å². The first kappa shape index (κ1) is 16.0. The highest BCUT2D eigenvalue weighted by molar-refractivity contribution is 5.85. The third-order valence-corrected chi connectivity index (χ3v) is 2.78. The Kier molecular flexibility index (Phi) is 5.12. The zero-order chi connectivity index (χ0) is 15.3. The second kappa shape index (κ2) is 6.40. The van der Waals surface area contributed by atoms with Crippen LogP contribution in [0.25, 0.3) is 0 Å². The molecule has 0 aliphatic heterocycles. The molecule has 0 heterocycles.